The Labute approximate surface area is 165 Å². The van der Waals surface area contributed by atoms with E-state index in [1.165, 1.54) is 11.3 Å². The number of hydrogen-bond acceptors (Lipinski definition) is 6. The molecule has 1 N–H and O–H groups in total. The highest BCUT2D eigenvalue weighted by atomic mass is 79.9. The van der Waals surface area contributed by atoms with Gasteiger partial charge in [-0.25, -0.2) is 4.98 Å². The minimum atomic E-state index is -0.0323. The molecule has 1 saturated heterocycles. The van der Waals surface area contributed by atoms with Crippen LogP contribution in [0.5, 0.6) is 5.75 Å². The topological polar surface area (TPSA) is 63.7 Å². The van der Waals surface area contributed by atoms with Crippen molar-refractivity contribution in [3.05, 3.63) is 39.8 Å². The van der Waals surface area contributed by atoms with E-state index in [2.05, 4.69) is 31.1 Å². The molecule has 1 aliphatic heterocycles. The number of ether oxygens (including phenoxy) is 2. The average molecular weight is 440 g/mol. The summed E-state index contributed by atoms with van der Waals surface area (Å²) in [4.78, 5) is 18.8. The van der Waals surface area contributed by atoms with Gasteiger partial charge in [-0.15, -0.1) is 11.3 Å². The van der Waals surface area contributed by atoms with Crippen molar-refractivity contribution in [2.75, 3.05) is 38.2 Å². The minimum Gasteiger partial charge on any atom is -0.494 e. The fourth-order valence-electron chi connectivity index (χ4n) is 2.59. The molecule has 0 unspecified atom stereocenters. The molecule has 1 fully saturated rings. The summed E-state index contributed by atoms with van der Waals surface area (Å²) >= 11 is 4.87. The van der Waals surface area contributed by atoms with Crippen LogP contribution in [0.25, 0.3) is 0 Å². The first-order valence-corrected chi connectivity index (χ1v) is 10.3. The van der Waals surface area contributed by atoms with Gasteiger partial charge in [0.15, 0.2) is 5.13 Å². The monoisotopic (exact) mass is 439 g/mol. The van der Waals surface area contributed by atoms with Crippen molar-refractivity contribution in [3.8, 4) is 5.75 Å². The zero-order chi connectivity index (χ0) is 18.2. The van der Waals surface area contributed by atoms with Crippen LogP contribution in [0.3, 0.4) is 0 Å². The fourth-order valence-corrected chi connectivity index (χ4v) is 3.68. The number of nitrogens with one attached hydrogen (secondary N) is 1. The second-order valence-corrected chi connectivity index (χ2v) is 7.76. The summed E-state index contributed by atoms with van der Waals surface area (Å²) in [5, 5.41) is 5.53. The second kappa shape index (κ2) is 10.0. The standard InChI is InChI=1S/C18H22BrN3O3S/c19-14-3-1-4-16(11-14)25-8-2-5-17(23)21-18-20-15(13-26-18)12-22-6-9-24-10-7-22/h1,3-4,11,13H,2,5-10,12H2,(H,20,21,23). The third-order valence-corrected chi connectivity index (χ3v) is 5.20. The van der Waals surface area contributed by atoms with Crippen LogP contribution in [0.15, 0.2) is 34.1 Å². The van der Waals surface area contributed by atoms with Crippen LogP contribution in [0, 0.1) is 0 Å². The molecule has 2 aromatic rings. The number of carbonyl (C=O) groups is 1. The van der Waals surface area contributed by atoms with Crippen LogP contribution in [-0.4, -0.2) is 48.7 Å². The molecule has 0 radical (unpaired) electrons. The molecule has 0 atom stereocenters. The Morgan fingerprint density at radius 3 is 3.04 bits per heavy atom. The van der Waals surface area contributed by atoms with Crippen LogP contribution < -0.4 is 10.1 Å². The predicted molar refractivity (Wildman–Crippen MR) is 106 cm³/mol. The first kappa shape index (κ1) is 19.3. The predicted octanol–water partition coefficient (Wildman–Crippen LogP) is 3.54. The maximum absolute atomic E-state index is 12.0. The molecule has 3 rings (SSSR count). The van der Waals surface area contributed by atoms with Crippen molar-refractivity contribution in [2.45, 2.75) is 19.4 Å². The van der Waals surface area contributed by atoms with E-state index < -0.39 is 0 Å². The van der Waals surface area contributed by atoms with Crippen molar-refractivity contribution in [3.63, 3.8) is 0 Å². The smallest absolute Gasteiger partial charge is 0.226 e. The van der Waals surface area contributed by atoms with E-state index in [0.29, 0.717) is 24.6 Å². The first-order valence-electron chi connectivity index (χ1n) is 8.62. The number of aromatic nitrogens is 1. The lowest BCUT2D eigenvalue weighted by molar-refractivity contribution is -0.116. The Bertz CT molecular complexity index is 719. The van der Waals surface area contributed by atoms with Crippen molar-refractivity contribution >= 4 is 38.3 Å². The number of amides is 1. The third-order valence-electron chi connectivity index (χ3n) is 3.90. The van der Waals surface area contributed by atoms with E-state index >= 15 is 0 Å². The van der Waals surface area contributed by atoms with Gasteiger partial charge in [0.25, 0.3) is 0 Å². The number of thiazole rings is 1. The number of morpholine rings is 1. The van der Waals surface area contributed by atoms with Gasteiger partial charge in [0.05, 0.1) is 25.5 Å². The quantitative estimate of drug-likeness (QED) is 0.637. The average Bonchev–Trinajstić information content (AvgIpc) is 3.06. The normalized spacial score (nSPS) is 15.0. The van der Waals surface area contributed by atoms with Gasteiger partial charge >= 0.3 is 0 Å². The zero-order valence-electron chi connectivity index (χ0n) is 14.4. The van der Waals surface area contributed by atoms with Crippen LogP contribution >= 0.6 is 27.3 Å². The number of halogens is 1. The van der Waals surface area contributed by atoms with Gasteiger partial charge in [0, 0.05) is 35.9 Å². The molecule has 0 spiro atoms. The largest absolute Gasteiger partial charge is 0.494 e. The van der Waals surface area contributed by atoms with Crippen molar-refractivity contribution in [1.29, 1.82) is 0 Å². The Hall–Kier alpha value is -1.48. The molecule has 0 saturated carbocycles. The van der Waals surface area contributed by atoms with E-state index in [1.54, 1.807) is 0 Å². The van der Waals surface area contributed by atoms with Gasteiger partial charge in [0.1, 0.15) is 5.75 Å². The SMILES string of the molecule is O=C(CCCOc1cccc(Br)c1)Nc1nc(CN2CCOCC2)cs1. The summed E-state index contributed by atoms with van der Waals surface area (Å²) in [6.07, 6.45) is 1.07. The second-order valence-electron chi connectivity index (χ2n) is 5.99. The van der Waals surface area contributed by atoms with Crippen LogP contribution in [-0.2, 0) is 16.1 Å². The van der Waals surface area contributed by atoms with Crippen molar-refractivity contribution in [1.82, 2.24) is 9.88 Å². The molecule has 1 aromatic carbocycles. The zero-order valence-corrected chi connectivity index (χ0v) is 16.9. The number of nitrogens with zero attached hydrogens (tertiary/aromatic N) is 2. The van der Waals surface area contributed by atoms with Gasteiger partial charge < -0.3 is 14.8 Å². The van der Waals surface area contributed by atoms with Crippen LogP contribution in [0.2, 0.25) is 0 Å². The number of rotatable bonds is 8. The summed E-state index contributed by atoms with van der Waals surface area (Å²) in [6.45, 7) is 4.71. The summed E-state index contributed by atoms with van der Waals surface area (Å²) in [7, 11) is 0. The molecule has 0 aliphatic carbocycles. The molecule has 1 amide bonds. The number of hydrogen-bond donors (Lipinski definition) is 1. The lowest BCUT2D eigenvalue weighted by Crippen LogP contribution is -2.35. The highest BCUT2D eigenvalue weighted by Crippen LogP contribution is 2.19. The third kappa shape index (κ3) is 6.35. The summed E-state index contributed by atoms with van der Waals surface area (Å²) < 4.78 is 12.0. The Balaban J connectivity index is 1.35. The minimum absolute atomic E-state index is 0.0323. The van der Waals surface area contributed by atoms with Crippen molar-refractivity contribution in [2.24, 2.45) is 0 Å². The number of carbonyl (C=O) groups excluding carboxylic acids is 1. The lowest BCUT2D eigenvalue weighted by atomic mass is 10.3. The van der Waals surface area contributed by atoms with Crippen molar-refractivity contribution < 1.29 is 14.3 Å². The van der Waals surface area contributed by atoms with E-state index in [0.717, 1.165) is 48.8 Å². The molecular weight excluding hydrogens is 418 g/mol. The van der Waals surface area contributed by atoms with Gasteiger partial charge in [-0.05, 0) is 24.6 Å². The van der Waals surface area contributed by atoms with E-state index in [1.807, 2.05) is 29.6 Å². The van der Waals surface area contributed by atoms with E-state index in [9.17, 15) is 4.79 Å². The van der Waals surface area contributed by atoms with Gasteiger partial charge in [0.2, 0.25) is 5.91 Å². The highest BCUT2D eigenvalue weighted by molar-refractivity contribution is 9.10. The van der Waals surface area contributed by atoms with Gasteiger partial charge in [-0.2, -0.15) is 0 Å². The first-order chi connectivity index (χ1) is 12.7. The molecule has 6 nitrogen and oxygen atoms in total. The molecule has 2 heterocycles. The summed E-state index contributed by atoms with van der Waals surface area (Å²) in [6, 6.07) is 7.67. The highest BCUT2D eigenvalue weighted by Gasteiger charge is 2.13. The summed E-state index contributed by atoms with van der Waals surface area (Å²) in [5.74, 6) is 0.766. The molecular formula is C18H22BrN3O3S. The van der Waals surface area contributed by atoms with E-state index in [-0.39, 0.29) is 5.91 Å². The molecule has 26 heavy (non-hydrogen) atoms. The lowest BCUT2D eigenvalue weighted by Gasteiger charge is -2.25. The maximum atomic E-state index is 12.0. The summed E-state index contributed by atoms with van der Waals surface area (Å²) in [5.41, 5.74) is 0.991. The number of benzene rings is 1. The Morgan fingerprint density at radius 2 is 2.23 bits per heavy atom. The maximum Gasteiger partial charge on any atom is 0.226 e. The van der Waals surface area contributed by atoms with Crippen LogP contribution in [0.4, 0.5) is 5.13 Å². The Kier molecular flexibility index (Phi) is 7.43. The number of anilines is 1. The fraction of sp³-hybridized carbons (Fsp3) is 0.444. The van der Waals surface area contributed by atoms with Crippen LogP contribution in [0.1, 0.15) is 18.5 Å². The molecule has 1 aliphatic rings. The van der Waals surface area contributed by atoms with Gasteiger partial charge in [-0.1, -0.05) is 22.0 Å². The Morgan fingerprint density at radius 1 is 1.38 bits per heavy atom. The molecule has 140 valence electrons. The molecule has 8 heteroatoms. The van der Waals surface area contributed by atoms with Gasteiger partial charge in [-0.3, -0.25) is 9.69 Å². The molecule has 0 bridgehead atoms. The van der Waals surface area contributed by atoms with E-state index in [4.69, 9.17) is 9.47 Å². The molecule has 1 aromatic heterocycles.